The Morgan fingerprint density at radius 3 is 1.75 bits per heavy atom. The van der Waals surface area contributed by atoms with Crippen LogP contribution in [-0.2, 0) is 3.89 Å². The molecule has 0 aromatic carbocycles. The Labute approximate surface area is 49.6 Å². The van der Waals surface area contributed by atoms with Gasteiger partial charge >= 0.3 is 39.7 Å². The first kappa shape index (κ1) is 8.97. The molecule has 0 atom stereocenters. The van der Waals surface area contributed by atoms with Crippen molar-refractivity contribution < 1.29 is 3.89 Å². The van der Waals surface area contributed by atoms with E-state index in [9.17, 15) is 0 Å². The van der Waals surface area contributed by atoms with Crippen LogP contribution >= 0.6 is 0 Å². The Bertz CT molecular complexity index is 8.00. The molecular weight excluding hydrogens is 81.3 g/mol. The largest absolute Gasteiger partial charge is 2.00 e. The van der Waals surface area contributed by atoms with Crippen molar-refractivity contribution in [3.8, 4) is 0 Å². The van der Waals surface area contributed by atoms with E-state index in [4.69, 9.17) is 5.90 Å². The zero-order valence-electron chi connectivity index (χ0n) is 2.56. The molecule has 18 valence electrons. The maximum atomic E-state index is 7.13. The third-order valence-corrected chi connectivity index (χ3v) is 0. The van der Waals surface area contributed by atoms with Crippen LogP contribution in [-0.4, -0.2) is 39.7 Å². The van der Waals surface area contributed by atoms with Crippen LogP contribution in [0.5, 0.6) is 0 Å². The Morgan fingerprint density at radius 1 is 1.75 bits per heavy atom. The van der Waals surface area contributed by atoms with Crippen molar-refractivity contribution in [3.05, 3.63) is 5.90 Å². The van der Waals surface area contributed by atoms with Gasteiger partial charge in [0.2, 0.25) is 0 Å². The van der Waals surface area contributed by atoms with Crippen LogP contribution in [0, 0.1) is 0 Å². The number of nitrogens with zero attached hydrogens (tertiary/aromatic N) is 1. The summed E-state index contributed by atoms with van der Waals surface area (Å²) in [7, 11) is 0. The second-order valence-corrected chi connectivity index (χ2v) is 0.548. The molecule has 4 heavy (non-hydrogen) atoms. The Morgan fingerprint density at radius 2 is 1.75 bits per heavy atom. The van der Waals surface area contributed by atoms with Crippen molar-refractivity contribution in [2.45, 2.75) is 0 Å². The van der Waals surface area contributed by atoms with Gasteiger partial charge in [0.25, 0.3) is 0 Å². The molecule has 0 aromatic heterocycles. The quantitative estimate of drug-likeness (QED) is 0.271. The van der Waals surface area contributed by atoms with Gasteiger partial charge < -0.3 is 9.79 Å². The zero-order valence-corrected chi connectivity index (χ0v) is 5.98. The van der Waals surface area contributed by atoms with Gasteiger partial charge in [0.05, 0.1) is 0 Å². The van der Waals surface area contributed by atoms with Gasteiger partial charge in [-0.1, -0.05) is 0 Å². The molecule has 0 radical (unpaired) electrons. The number of hydrogen-bond acceptors (Lipinski definition) is 1. The van der Waals surface area contributed by atoms with E-state index in [0.29, 0.717) is 16.6 Å². The Hall–Kier alpha value is 1.22. The SMILES string of the molecule is [Mg+2].[N-2][O][AlH2]. The van der Waals surface area contributed by atoms with Gasteiger partial charge in [-0.25, -0.2) is 0 Å². The van der Waals surface area contributed by atoms with Crippen molar-refractivity contribution in [1.82, 2.24) is 0 Å². The molecule has 0 unspecified atom stereocenters. The van der Waals surface area contributed by atoms with Crippen LogP contribution in [0.15, 0.2) is 0 Å². The molecule has 0 aliphatic carbocycles. The van der Waals surface area contributed by atoms with E-state index in [1.807, 2.05) is 0 Å². The summed E-state index contributed by atoms with van der Waals surface area (Å²) in [6.07, 6.45) is 0. The van der Waals surface area contributed by atoms with E-state index in [0.717, 1.165) is 0 Å². The van der Waals surface area contributed by atoms with Crippen LogP contribution in [0.1, 0.15) is 0 Å². The molecule has 0 aromatic rings. The van der Waals surface area contributed by atoms with E-state index in [1.54, 1.807) is 0 Å². The molecule has 0 rings (SSSR count). The first-order valence-corrected chi connectivity index (χ1v) is 1.41. The fourth-order valence-corrected chi connectivity index (χ4v) is 0. The molecule has 4 heteroatoms. The van der Waals surface area contributed by atoms with Gasteiger partial charge in [0.1, 0.15) is 0 Å². The molecule has 0 saturated heterocycles. The van der Waals surface area contributed by atoms with Crippen LogP contribution in [0.3, 0.4) is 0 Å². The van der Waals surface area contributed by atoms with Crippen molar-refractivity contribution in [3.63, 3.8) is 0 Å². The first-order chi connectivity index (χ1) is 1.41. The minimum Gasteiger partial charge on any atom is -1.46 e. The molecule has 0 heterocycles. The van der Waals surface area contributed by atoms with Crippen molar-refractivity contribution in [1.29, 1.82) is 0 Å². The van der Waals surface area contributed by atoms with Crippen LogP contribution in [0.25, 0.3) is 5.90 Å². The predicted octanol–water partition coefficient (Wildman–Crippen LogP) is -1.08. The second kappa shape index (κ2) is 8.88. The van der Waals surface area contributed by atoms with E-state index in [2.05, 4.69) is 3.89 Å². The smallest absolute Gasteiger partial charge is 1.46 e. The van der Waals surface area contributed by atoms with Gasteiger partial charge in [-0.2, -0.15) is 0 Å². The van der Waals surface area contributed by atoms with E-state index < -0.39 is 0 Å². The van der Waals surface area contributed by atoms with Gasteiger partial charge in [-0.3, -0.25) is 0 Å². The molecule has 0 N–H and O–H groups in total. The summed E-state index contributed by atoms with van der Waals surface area (Å²) >= 11 is 0.424. The van der Waals surface area contributed by atoms with Crippen LogP contribution in [0.2, 0.25) is 0 Å². The second-order valence-electron chi connectivity index (χ2n) is 0.183. The van der Waals surface area contributed by atoms with Crippen molar-refractivity contribution >= 4 is 39.7 Å². The van der Waals surface area contributed by atoms with Crippen LogP contribution in [0.4, 0.5) is 0 Å². The normalized spacial score (nSPS) is 4.25. The summed E-state index contributed by atoms with van der Waals surface area (Å²) in [6.45, 7) is 0. The number of hydrogen-bond donors (Lipinski definition) is 0. The summed E-state index contributed by atoms with van der Waals surface area (Å²) in [5.74, 6) is 7.13. The summed E-state index contributed by atoms with van der Waals surface area (Å²) in [6, 6.07) is 0. The van der Waals surface area contributed by atoms with E-state index in [1.165, 1.54) is 0 Å². The van der Waals surface area contributed by atoms with Gasteiger partial charge in [0, 0.05) is 0 Å². The third-order valence-electron chi connectivity index (χ3n) is 0. The molecule has 0 saturated carbocycles. The summed E-state index contributed by atoms with van der Waals surface area (Å²) in [4.78, 5) is 0. The van der Waals surface area contributed by atoms with Gasteiger partial charge in [-0.15, -0.1) is 0 Å². The van der Waals surface area contributed by atoms with Crippen molar-refractivity contribution in [2.75, 3.05) is 0 Å². The minimum absolute atomic E-state index is 0. The fourth-order valence-electron chi connectivity index (χ4n) is 0. The third kappa shape index (κ3) is 10.7. The molecule has 0 aliphatic heterocycles. The Kier molecular flexibility index (Phi) is 19.9. The van der Waals surface area contributed by atoms with Gasteiger partial charge in [-0.05, 0) is 0 Å². The van der Waals surface area contributed by atoms with Crippen molar-refractivity contribution in [2.24, 2.45) is 0 Å². The maximum absolute atomic E-state index is 7.13. The van der Waals surface area contributed by atoms with Crippen LogP contribution < -0.4 is 0 Å². The molecule has 2 nitrogen and oxygen atoms in total. The predicted molar refractivity (Wildman–Crippen MR) is 18.7 cm³/mol. The average molecular weight is 83.3 g/mol. The Balaban J connectivity index is 0. The average Bonchev–Trinajstić information content (AvgIpc) is 0.918. The first-order valence-electron chi connectivity index (χ1n) is 0.591. The van der Waals surface area contributed by atoms with Gasteiger partial charge in [0.15, 0.2) is 0 Å². The summed E-state index contributed by atoms with van der Waals surface area (Å²) < 4.78 is 3.39. The molecule has 0 bridgehead atoms. The fraction of sp³-hybridized carbons (Fsp3) is 0. The maximum Gasteiger partial charge on any atom is 2.00 e. The molecule has 0 spiro atoms. The summed E-state index contributed by atoms with van der Waals surface area (Å²) in [5, 5.41) is 0. The summed E-state index contributed by atoms with van der Waals surface area (Å²) in [5.41, 5.74) is 0. The van der Waals surface area contributed by atoms with E-state index >= 15 is 0 Å². The van der Waals surface area contributed by atoms with E-state index in [-0.39, 0.29) is 23.1 Å². The minimum atomic E-state index is 0. The molecular formula is H2AlMgNO. The molecule has 0 fully saturated rings. The zero-order chi connectivity index (χ0) is 2.71. The molecule has 0 aliphatic rings. The monoisotopic (exact) mass is 83.0 g/mol. The number of rotatable bonds is 0. The standard InChI is InChI=1S/Al.Mg.NO.2H/c;;1-2;;/q+1;+2;-3;;. The molecule has 0 amide bonds. The topological polar surface area (TPSA) is 31.5 Å².